The van der Waals surface area contributed by atoms with Gasteiger partial charge in [0, 0.05) is 10.9 Å². The molecule has 0 N–H and O–H groups in total. The van der Waals surface area contributed by atoms with E-state index in [1.54, 1.807) is 0 Å². The maximum Gasteiger partial charge on any atom is 0.417 e. The van der Waals surface area contributed by atoms with Gasteiger partial charge in [-0.3, -0.25) is 4.79 Å². The van der Waals surface area contributed by atoms with E-state index in [0.29, 0.717) is 12.3 Å². The first-order valence-corrected chi connectivity index (χ1v) is 10.2. The third kappa shape index (κ3) is 4.24. The minimum Gasteiger partial charge on any atom is -0.446 e. The Hall–Kier alpha value is -2.14. The smallest absolute Gasteiger partial charge is 0.417 e. The van der Waals surface area contributed by atoms with E-state index in [2.05, 4.69) is 28.1 Å². The van der Waals surface area contributed by atoms with Crippen molar-refractivity contribution in [1.29, 1.82) is 0 Å². The van der Waals surface area contributed by atoms with Crippen LogP contribution in [0.3, 0.4) is 0 Å². The Balaban J connectivity index is 1.54. The highest BCUT2D eigenvalue weighted by Gasteiger charge is 2.40. The van der Waals surface area contributed by atoms with Crippen LogP contribution in [0.15, 0.2) is 59.1 Å². The second-order valence-corrected chi connectivity index (χ2v) is 8.31. The van der Waals surface area contributed by atoms with Gasteiger partial charge in [0.2, 0.25) is 5.91 Å². The molecule has 2 aliphatic rings. The van der Waals surface area contributed by atoms with Crippen molar-refractivity contribution in [3.05, 3.63) is 70.2 Å². The van der Waals surface area contributed by atoms with Gasteiger partial charge in [0.1, 0.15) is 12.6 Å². The van der Waals surface area contributed by atoms with Gasteiger partial charge in [-0.05, 0) is 41.5 Å². The van der Waals surface area contributed by atoms with Crippen molar-refractivity contribution in [1.82, 2.24) is 4.90 Å². The van der Waals surface area contributed by atoms with Gasteiger partial charge in [0.25, 0.3) is 0 Å². The second-order valence-electron chi connectivity index (χ2n) is 7.40. The second kappa shape index (κ2) is 7.85. The highest BCUT2D eigenvalue weighted by molar-refractivity contribution is 9.10. The van der Waals surface area contributed by atoms with Crippen LogP contribution in [0.1, 0.15) is 48.8 Å². The summed E-state index contributed by atoms with van der Waals surface area (Å²) in [6.07, 6.45) is 3.26. The fourth-order valence-electron chi connectivity index (χ4n) is 3.75. The molecule has 1 heterocycles. The van der Waals surface area contributed by atoms with Crippen LogP contribution in [-0.4, -0.2) is 23.5 Å². The highest BCUT2D eigenvalue weighted by atomic mass is 79.9. The number of amides is 2. The molecular formula is C22H22BrNO3. The van der Waals surface area contributed by atoms with Crippen LogP contribution in [0.4, 0.5) is 4.79 Å². The normalized spacial score (nSPS) is 20.4. The first-order valence-electron chi connectivity index (χ1n) is 9.41. The molecule has 1 saturated heterocycles. The predicted molar refractivity (Wildman–Crippen MR) is 106 cm³/mol. The van der Waals surface area contributed by atoms with Crippen LogP contribution < -0.4 is 0 Å². The molecule has 2 aromatic rings. The average Bonchev–Trinajstić information content (AvgIpc) is 3.41. The van der Waals surface area contributed by atoms with Gasteiger partial charge in [-0.15, -0.1) is 0 Å². The molecule has 4 nitrogen and oxygen atoms in total. The standard InChI is InChI=1S/C22H22BrNO3/c23-19-10-8-16(9-11-19)18(12-15-6-7-15)13-21(25)24-20(14-27-22(24)26)17-4-2-1-3-5-17/h1-5,8-11,15,18,20H,6-7,12-14H2/t18-,20+/m1/s1. The summed E-state index contributed by atoms with van der Waals surface area (Å²) in [5, 5.41) is 0. The van der Waals surface area contributed by atoms with E-state index < -0.39 is 6.09 Å². The number of carbonyl (C=O) groups is 2. The molecule has 1 aliphatic heterocycles. The largest absolute Gasteiger partial charge is 0.446 e. The molecule has 140 valence electrons. The molecular weight excluding hydrogens is 406 g/mol. The van der Waals surface area contributed by atoms with E-state index >= 15 is 0 Å². The fraction of sp³-hybridized carbons (Fsp3) is 0.364. The number of ether oxygens (including phenoxy) is 1. The Morgan fingerprint density at radius 2 is 1.81 bits per heavy atom. The number of benzene rings is 2. The van der Waals surface area contributed by atoms with Gasteiger partial charge in [0.05, 0.1) is 0 Å². The monoisotopic (exact) mass is 427 g/mol. The first kappa shape index (κ1) is 18.2. The topological polar surface area (TPSA) is 46.6 Å². The summed E-state index contributed by atoms with van der Waals surface area (Å²) in [5.74, 6) is 0.671. The molecule has 5 heteroatoms. The SMILES string of the molecule is O=C(C[C@@H](CC1CC1)c1ccc(Br)cc1)N1C(=O)OC[C@H]1c1ccccc1. The number of halogens is 1. The molecule has 0 aromatic heterocycles. The number of nitrogens with zero attached hydrogens (tertiary/aromatic N) is 1. The van der Waals surface area contributed by atoms with Crippen molar-refractivity contribution < 1.29 is 14.3 Å². The molecule has 0 bridgehead atoms. The lowest BCUT2D eigenvalue weighted by molar-refractivity contribution is -0.129. The van der Waals surface area contributed by atoms with Gasteiger partial charge in [-0.2, -0.15) is 0 Å². The van der Waals surface area contributed by atoms with Crippen LogP contribution in [-0.2, 0) is 9.53 Å². The van der Waals surface area contributed by atoms with Crippen LogP contribution in [0.25, 0.3) is 0 Å². The summed E-state index contributed by atoms with van der Waals surface area (Å²) in [5.41, 5.74) is 2.08. The van der Waals surface area contributed by atoms with Gasteiger partial charge in [0.15, 0.2) is 0 Å². The van der Waals surface area contributed by atoms with Crippen molar-refractivity contribution in [2.45, 2.75) is 37.6 Å². The Bertz CT molecular complexity index is 817. The highest BCUT2D eigenvalue weighted by Crippen LogP contribution is 2.41. The van der Waals surface area contributed by atoms with Crippen molar-refractivity contribution in [3.8, 4) is 0 Å². The maximum atomic E-state index is 13.1. The molecule has 1 aliphatic carbocycles. The van der Waals surface area contributed by atoms with Gasteiger partial charge >= 0.3 is 6.09 Å². The zero-order valence-corrected chi connectivity index (χ0v) is 16.6. The number of hydrogen-bond acceptors (Lipinski definition) is 3. The lowest BCUT2D eigenvalue weighted by Crippen LogP contribution is -2.35. The Kier molecular flexibility index (Phi) is 5.30. The molecule has 4 rings (SSSR count). The number of carbonyl (C=O) groups excluding carboxylic acids is 2. The molecule has 2 atom stereocenters. The molecule has 0 unspecified atom stereocenters. The molecule has 1 saturated carbocycles. The van der Waals surface area contributed by atoms with Crippen molar-refractivity contribution in [2.75, 3.05) is 6.61 Å². The van der Waals surface area contributed by atoms with Crippen LogP contribution in [0, 0.1) is 5.92 Å². The Morgan fingerprint density at radius 1 is 1.11 bits per heavy atom. The minimum absolute atomic E-state index is 0.128. The number of hydrogen-bond donors (Lipinski definition) is 0. The quantitative estimate of drug-likeness (QED) is 0.615. The van der Waals surface area contributed by atoms with Gasteiger partial charge < -0.3 is 4.74 Å². The van der Waals surface area contributed by atoms with Crippen LogP contribution in [0.5, 0.6) is 0 Å². The first-order chi connectivity index (χ1) is 13.1. The Morgan fingerprint density at radius 3 is 2.48 bits per heavy atom. The number of rotatable bonds is 6. The van der Waals surface area contributed by atoms with E-state index in [4.69, 9.17) is 4.74 Å². The van der Waals surface area contributed by atoms with Crippen molar-refractivity contribution >= 4 is 27.9 Å². The van der Waals surface area contributed by atoms with Crippen molar-refractivity contribution in [3.63, 3.8) is 0 Å². The van der Waals surface area contributed by atoms with E-state index in [1.807, 2.05) is 42.5 Å². The Labute approximate surface area is 167 Å². The van der Waals surface area contributed by atoms with E-state index in [-0.39, 0.29) is 24.5 Å². The summed E-state index contributed by atoms with van der Waals surface area (Å²) < 4.78 is 6.23. The zero-order chi connectivity index (χ0) is 18.8. The third-order valence-electron chi connectivity index (χ3n) is 5.40. The summed E-state index contributed by atoms with van der Waals surface area (Å²) in [6.45, 7) is 0.222. The molecule has 0 radical (unpaired) electrons. The zero-order valence-electron chi connectivity index (χ0n) is 15.0. The lowest BCUT2D eigenvalue weighted by Gasteiger charge is -2.23. The third-order valence-corrected chi connectivity index (χ3v) is 5.93. The molecule has 27 heavy (non-hydrogen) atoms. The molecule has 2 fully saturated rings. The van der Waals surface area contributed by atoms with E-state index in [0.717, 1.165) is 22.0 Å². The van der Waals surface area contributed by atoms with E-state index in [1.165, 1.54) is 17.7 Å². The van der Waals surface area contributed by atoms with Crippen LogP contribution in [0.2, 0.25) is 0 Å². The molecule has 2 aromatic carbocycles. The van der Waals surface area contributed by atoms with Gasteiger partial charge in [-0.25, -0.2) is 9.69 Å². The predicted octanol–water partition coefficient (Wildman–Crippen LogP) is 5.44. The van der Waals surface area contributed by atoms with Crippen LogP contribution >= 0.6 is 15.9 Å². The molecule has 0 spiro atoms. The van der Waals surface area contributed by atoms with Gasteiger partial charge in [-0.1, -0.05) is 71.2 Å². The lowest BCUT2D eigenvalue weighted by atomic mass is 9.89. The minimum atomic E-state index is -0.533. The van der Waals surface area contributed by atoms with E-state index in [9.17, 15) is 9.59 Å². The van der Waals surface area contributed by atoms with Crippen molar-refractivity contribution in [2.24, 2.45) is 5.92 Å². The fourth-order valence-corrected chi connectivity index (χ4v) is 4.02. The summed E-state index contributed by atoms with van der Waals surface area (Å²) >= 11 is 3.47. The molecule has 2 amide bonds. The summed E-state index contributed by atoms with van der Waals surface area (Å²) in [6, 6.07) is 17.4. The summed E-state index contributed by atoms with van der Waals surface area (Å²) in [4.78, 5) is 26.7. The number of cyclic esters (lactones) is 1. The summed E-state index contributed by atoms with van der Waals surface area (Å²) in [7, 11) is 0. The number of imide groups is 1. The maximum absolute atomic E-state index is 13.1. The average molecular weight is 428 g/mol.